The van der Waals surface area contributed by atoms with Crippen LogP contribution in [0.3, 0.4) is 0 Å². The van der Waals surface area contributed by atoms with Gasteiger partial charge < -0.3 is 29.9 Å². The van der Waals surface area contributed by atoms with Crippen LogP contribution in [0.2, 0.25) is 0 Å². The molecule has 0 unspecified atom stereocenters. The highest BCUT2D eigenvalue weighted by molar-refractivity contribution is 7.14. The number of rotatable bonds is 10. The highest BCUT2D eigenvalue weighted by Crippen LogP contribution is 2.27. The minimum atomic E-state index is -0.337. The highest BCUT2D eigenvalue weighted by Gasteiger charge is 2.26. The molecule has 4 rings (SSSR count). The lowest BCUT2D eigenvalue weighted by Gasteiger charge is -2.38. The molecule has 202 valence electrons. The molecule has 0 radical (unpaired) electrons. The first-order valence-electron chi connectivity index (χ1n) is 12.7. The fraction of sp³-hybridized carbons (Fsp3) is 0.577. The molecule has 0 aliphatic carbocycles. The minimum absolute atomic E-state index is 0.188. The van der Waals surface area contributed by atoms with Gasteiger partial charge in [0.25, 0.3) is 11.8 Å². The van der Waals surface area contributed by atoms with Crippen LogP contribution in [-0.2, 0) is 16.0 Å². The van der Waals surface area contributed by atoms with E-state index in [1.165, 1.54) is 11.3 Å². The van der Waals surface area contributed by atoms with E-state index in [2.05, 4.69) is 44.3 Å². The first-order valence-corrected chi connectivity index (χ1v) is 13.6. The van der Waals surface area contributed by atoms with E-state index in [4.69, 9.17) is 9.47 Å². The molecule has 10 nitrogen and oxygen atoms in total. The van der Waals surface area contributed by atoms with E-state index < -0.39 is 0 Å². The van der Waals surface area contributed by atoms with E-state index in [9.17, 15) is 9.59 Å². The average molecular weight is 531 g/mol. The first-order chi connectivity index (χ1) is 17.9. The van der Waals surface area contributed by atoms with Crippen molar-refractivity contribution in [2.24, 2.45) is 0 Å². The fourth-order valence-electron chi connectivity index (χ4n) is 4.79. The minimum Gasteiger partial charge on any atom is -0.383 e. The van der Waals surface area contributed by atoms with Gasteiger partial charge in [-0.25, -0.2) is 4.98 Å². The number of thiazole rings is 1. The molecule has 0 saturated carbocycles. The number of methoxy groups -OCH3 is 2. The molecule has 2 atom stereocenters. The summed E-state index contributed by atoms with van der Waals surface area (Å²) in [4.78, 5) is 37.6. The van der Waals surface area contributed by atoms with Crippen molar-refractivity contribution in [2.75, 3.05) is 77.4 Å². The lowest BCUT2D eigenvalue weighted by Crippen LogP contribution is -2.49. The third kappa shape index (κ3) is 7.05. The molecule has 2 fully saturated rings. The molecule has 2 aromatic rings. The van der Waals surface area contributed by atoms with E-state index in [0.29, 0.717) is 36.1 Å². The maximum atomic E-state index is 13.1. The van der Waals surface area contributed by atoms with Gasteiger partial charge in [-0.05, 0) is 38.1 Å². The van der Waals surface area contributed by atoms with E-state index in [1.54, 1.807) is 19.6 Å². The summed E-state index contributed by atoms with van der Waals surface area (Å²) >= 11 is 1.44. The summed E-state index contributed by atoms with van der Waals surface area (Å²) in [6.07, 6.45) is 1.13. The van der Waals surface area contributed by atoms with Gasteiger partial charge in [0, 0.05) is 71.5 Å². The number of likely N-dealkylation sites (N-methyl/N-ethyl adjacent to an activating group) is 1. The van der Waals surface area contributed by atoms with Gasteiger partial charge in [-0.1, -0.05) is 6.07 Å². The van der Waals surface area contributed by atoms with E-state index in [0.717, 1.165) is 56.4 Å². The van der Waals surface area contributed by atoms with Crippen molar-refractivity contribution in [1.82, 2.24) is 20.1 Å². The van der Waals surface area contributed by atoms with Crippen LogP contribution in [0.15, 0.2) is 23.6 Å². The maximum absolute atomic E-state index is 13.1. The van der Waals surface area contributed by atoms with Crippen molar-refractivity contribution in [1.29, 1.82) is 0 Å². The lowest BCUT2D eigenvalue weighted by atomic mass is 10.1. The quantitative estimate of drug-likeness (QED) is 0.451. The van der Waals surface area contributed by atoms with Crippen molar-refractivity contribution in [3.63, 3.8) is 0 Å². The number of benzene rings is 1. The van der Waals surface area contributed by atoms with Crippen molar-refractivity contribution in [3.05, 3.63) is 40.4 Å². The number of carbonyl (C=O) groups is 2. The van der Waals surface area contributed by atoms with Crippen LogP contribution in [0.4, 0.5) is 10.8 Å². The zero-order valence-electron chi connectivity index (χ0n) is 22.2. The van der Waals surface area contributed by atoms with Crippen LogP contribution in [0.5, 0.6) is 0 Å². The van der Waals surface area contributed by atoms with E-state index in [1.807, 2.05) is 18.2 Å². The van der Waals surface area contributed by atoms with Crippen LogP contribution < -0.4 is 15.5 Å². The average Bonchev–Trinajstić information content (AvgIpc) is 3.56. The number of anilines is 2. The molecule has 37 heavy (non-hydrogen) atoms. The summed E-state index contributed by atoms with van der Waals surface area (Å²) < 4.78 is 10.5. The third-order valence-corrected chi connectivity index (χ3v) is 7.90. The van der Waals surface area contributed by atoms with E-state index >= 15 is 0 Å². The molecular formula is C26H38N6O4S. The number of amides is 2. The molecule has 0 spiro atoms. The Morgan fingerprint density at radius 2 is 2.00 bits per heavy atom. The standard InChI is InChI=1S/C26H38N6O4S/c1-18-14-30(2)10-11-31(18)15-19-5-6-22(21(13-19)24(33)27-8-12-35-3)28-25(34)23-17-37-26(29-23)32-9-7-20(16-32)36-4/h5-6,13,17-18,20H,7-12,14-16H2,1-4H3,(H,27,33)(H,28,34)/t18-,20+/m1/s1. The Labute approximate surface area is 222 Å². The monoisotopic (exact) mass is 530 g/mol. The van der Waals surface area contributed by atoms with Crippen molar-refractivity contribution < 1.29 is 19.1 Å². The number of nitrogens with one attached hydrogen (secondary N) is 2. The Balaban J connectivity index is 1.49. The molecule has 0 bridgehead atoms. The van der Waals surface area contributed by atoms with Gasteiger partial charge >= 0.3 is 0 Å². The Hall–Kier alpha value is -2.57. The molecule has 2 saturated heterocycles. The number of ether oxygens (including phenoxy) is 2. The van der Waals surface area contributed by atoms with Crippen molar-refractivity contribution in [2.45, 2.75) is 32.0 Å². The molecule has 1 aromatic heterocycles. The smallest absolute Gasteiger partial charge is 0.275 e. The second-order valence-electron chi connectivity index (χ2n) is 9.77. The Bertz CT molecular complexity index is 1080. The molecule has 2 aliphatic rings. The van der Waals surface area contributed by atoms with Gasteiger partial charge in [0.05, 0.1) is 24.0 Å². The van der Waals surface area contributed by atoms with Crippen LogP contribution in [0.1, 0.15) is 39.8 Å². The SMILES string of the molecule is COCCNC(=O)c1cc(CN2CCN(C)C[C@H]2C)ccc1NC(=O)c1csc(N2CC[C@H](OC)C2)n1. The Kier molecular flexibility index (Phi) is 9.49. The topological polar surface area (TPSA) is 99.3 Å². The molecule has 11 heteroatoms. The third-order valence-electron chi connectivity index (χ3n) is 7.00. The van der Waals surface area contributed by atoms with Gasteiger partial charge in [-0.2, -0.15) is 0 Å². The Morgan fingerprint density at radius 3 is 2.73 bits per heavy atom. The van der Waals surface area contributed by atoms with Gasteiger partial charge in [0.1, 0.15) is 5.69 Å². The second kappa shape index (κ2) is 12.8. The number of hydrogen-bond donors (Lipinski definition) is 2. The number of piperazine rings is 1. The summed E-state index contributed by atoms with van der Waals surface area (Å²) in [5.41, 5.74) is 2.26. The molecule has 1 aromatic carbocycles. The van der Waals surface area contributed by atoms with Gasteiger partial charge in [0.2, 0.25) is 0 Å². The molecule has 2 amide bonds. The predicted octanol–water partition coefficient (Wildman–Crippen LogP) is 2.13. The van der Waals surface area contributed by atoms with E-state index in [-0.39, 0.29) is 17.9 Å². The van der Waals surface area contributed by atoms with Crippen molar-refractivity contribution >= 4 is 34.0 Å². The maximum Gasteiger partial charge on any atom is 0.275 e. The zero-order valence-corrected chi connectivity index (χ0v) is 23.0. The summed E-state index contributed by atoms with van der Waals surface area (Å²) in [6.45, 7) is 8.39. The molecule has 2 N–H and O–H groups in total. The summed E-state index contributed by atoms with van der Waals surface area (Å²) in [6, 6.07) is 6.10. The number of nitrogens with zero attached hydrogens (tertiary/aromatic N) is 4. The first kappa shape index (κ1) is 27.5. The van der Waals surface area contributed by atoms with Crippen LogP contribution in [0.25, 0.3) is 0 Å². The Morgan fingerprint density at radius 1 is 1.16 bits per heavy atom. The number of carbonyl (C=O) groups excluding carboxylic acids is 2. The van der Waals surface area contributed by atoms with Crippen molar-refractivity contribution in [3.8, 4) is 0 Å². The molecule has 2 aliphatic heterocycles. The predicted molar refractivity (Wildman–Crippen MR) is 146 cm³/mol. The largest absolute Gasteiger partial charge is 0.383 e. The summed E-state index contributed by atoms with van der Waals surface area (Å²) in [7, 11) is 5.45. The normalized spacial score (nSPS) is 20.8. The fourth-order valence-corrected chi connectivity index (χ4v) is 5.63. The van der Waals surface area contributed by atoms with Crippen LogP contribution in [0, 0.1) is 0 Å². The summed E-state index contributed by atoms with van der Waals surface area (Å²) in [5.74, 6) is -0.585. The van der Waals surface area contributed by atoms with Crippen LogP contribution in [-0.4, -0.2) is 106 Å². The number of hydrogen-bond acceptors (Lipinski definition) is 9. The van der Waals surface area contributed by atoms with Gasteiger partial charge in [-0.15, -0.1) is 11.3 Å². The summed E-state index contributed by atoms with van der Waals surface area (Å²) in [5, 5.41) is 8.36. The number of aromatic nitrogens is 1. The lowest BCUT2D eigenvalue weighted by molar-refractivity contribution is 0.0928. The van der Waals surface area contributed by atoms with Gasteiger partial charge in [-0.3, -0.25) is 14.5 Å². The second-order valence-corrected chi connectivity index (χ2v) is 10.6. The zero-order chi connectivity index (χ0) is 26.4. The highest BCUT2D eigenvalue weighted by atomic mass is 32.1. The molecule has 3 heterocycles. The van der Waals surface area contributed by atoms with Gasteiger partial charge in [0.15, 0.2) is 5.13 Å². The van der Waals surface area contributed by atoms with Crippen LogP contribution >= 0.6 is 11.3 Å². The molecular weight excluding hydrogens is 492 g/mol.